The summed E-state index contributed by atoms with van der Waals surface area (Å²) in [5, 5.41) is 2.80. The highest BCUT2D eigenvalue weighted by atomic mass is 32.1. The van der Waals surface area contributed by atoms with Gasteiger partial charge in [-0.25, -0.2) is 4.98 Å². The van der Waals surface area contributed by atoms with Crippen LogP contribution in [0.4, 0.5) is 0 Å². The Morgan fingerprint density at radius 2 is 2.10 bits per heavy atom. The van der Waals surface area contributed by atoms with Crippen molar-refractivity contribution in [1.29, 1.82) is 0 Å². The van der Waals surface area contributed by atoms with E-state index in [1.165, 1.54) is 11.3 Å². The van der Waals surface area contributed by atoms with Crippen molar-refractivity contribution in [3.63, 3.8) is 0 Å². The number of thiazole rings is 1. The Bertz CT molecular complexity index is 636. The van der Waals surface area contributed by atoms with Crippen LogP contribution in [0.5, 0.6) is 11.5 Å². The first kappa shape index (κ1) is 13.1. The molecule has 104 valence electrons. The molecular weight excluding hydrogens is 274 g/mol. The normalized spacial score (nSPS) is 13.8. The molecule has 2 aromatic rings. The highest BCUT2D eigenvalue weighted by Crippen LogP contribution is 2.30. The van der Waals surface area contributed by atoms with Crippen molar-refractivity contribution in [2.45, 2.75) is 19.8 Å². The number of nitrogens with zero attached hydrogens (tertiary/aromatic N) is 1. The van der Waals surface area contributed by atoms with Gasteiger partial charge in [0.2, 0.25) is 0 Å². The van der Waals surface area contributed by atoms with Crippen molar-refractivity contribution in [1.82, 2.24) is 4.98 Å². The Balaban J connectivity index is 1.79. The first-order chi connectivity index (χ1) is 9.72. The molecule has 5 heteroatoms. The number of benzene rings is 1. The van der Waals surface area contributed by atoms with E-state index in [2.05, 4.69) is 4.98 Å². The predicted molar refractivity (Wildman–Crippen MR) is 76.9 cm³/mol. The summed E-state index contributed by atoms with van der Waals surface area (Å²) in [7, 11) is 0. The third-order valence-electron chi connectivity index (χ3n) is 3.05. The second kappa shape index (κ2) is 5.63. The summed E-state index contributed by atoms with van der Waals surface area (Å²) in [6.45, 7) is 3.20. The van der Waals surface area contributed by atoms with Crippen LogP contribution in [-0.2, 0) is 6.42 Å². The molecule has 0 unspecified atom stereocenters. The minimum atomic E-state index is 0.0509. The summed E-state index contributed by atoms with van der Waals surface area (Å²) in [6.07, 6.45) is 1.19. The van der Waals surface area contributed by atoms with Gasteiger partial charge in [0.05, 0.1) is 19.6 Å². The highest BCUT2D eigenvalue weighted by Gasteiger charge is 2.15. The lowest BCUT2D eigenvalue weighted by molar-refractivity contribution is 0.0992. The summed E-state index contributed by atoms with van der Waals surface area (Å²) >= 11 is 1.52. The number of aromatic nitrogens is 1. The molecule has 4 nitrogen and oxygen atoms in total. The fraction of sp³-hybridized carbons (Fsp3) is 0.333. The maximum atomic E-state index is 12.3. The number of Topliss-reactive ketones (excluding diaryl/α,β-unsaturated/α-hetero) is 1. The van der Waals surface area contributed by atoms with Gasteiger partial charge in [-0.2, -0.15) is 0 Å². The molecule has 0 N–H and O–H groups in total. The molecule has 1 aliphatic heterocycles. The number of ether oxygens (including phenoxy) is 2. The molecule has 0 fully saturated rings. The van der Waals surface area contributed by atoms with E-state index in [9.17, 15) is 4.79 Å². The van der Waals surface area contributed by atoms with Crippen LogP contribution in [0, 0.1) is 6.92 Å². The number of rotatable bonds is 3. The molecule has 0 saturated heterocycles. The fourth-order valence-corrected chi connectivity index (χ4v) is 2.83. The zero-order valence-corrected chi connectivity index (χ0v) is 12.0. The van der Waals surface area contributed by atoms with E-state index >= 15 is 0 Å². The van der Waals surface area contributed by atoms with Crippen LogP contribution in [0.3, 0.4) is 0 Å². The average Bonchev–Trinajstić information content (AvgIpc) is 2.72. The van der Waals surface area contributed by atoms with Crippen molar-refractivity contribution in [2.75, 3.05) is 13.2 Å². The summed E-state index contributed by atoms with van der Waals surface area (Å²) in [4.78, 5) is 16.6. The van der Waals surface area contributed by atoms with Crippen LogP contribution in [0.1, 0.15) is 27.5 Å². The van der Waals surface area contributed by atoms with E-state index in [1.807, 2.05) is 12.3 Å². The second-order valence-electron chi connectivity index (χ2n) is 4.69. The monoisotopic (exact) mass is 289 g/mol. The van der Waals surface area contributed by atoms with Crippen molar-refractivity contribution < 1.29 is 14.3 Å². The minimum Gasteiger partial charge on any atom is -0.490 e. The number of ketones is 1. The summed E-state index contributed by atoms with van der Waals surface area (Å²) < 4.78 is 11.2. The van der Waals surface area contributed by atoms with Gasteiger partial charge in [-0.3, -0.25) is 4.79 Å². The second-order valence-corrected chi connectivity index (χ2v) is 5.64. The Morgan fingerprint density at radius 3 is 2.85 bits per heavy atom. The molecule has 0 bridgehead atoms. The van der Waals surface area contributed by atoms with Gasteiger partial charge in [0, 0.05) is 23.1 Å². The molecule has 0 spiro atoms. The summed E-state index contributed by atoms with van der Waals surface area (Å²) in [6, 6.07) is 5.36. The first-order valence-corrected chi connectivity index (χ1v) is 7.44. The van der Waals surface area contributed by atoms with Crippen LogP contribution in [0.25, 0.3) is 0 Å². The molecule has 1 aromatic carbocycles. The molecule has 2 heterocycles. The lowest BCUT2D eigenvalue weighted by Crippen LogP contribution is -2.04. The number of aryl methyl sites for hydroxylation is 1. The fourth-order valence-electron chi connectivity index (χ4n) is 2.06. The van der Waals surface area contributed by atoms with Gasteiger partial charge in [0.1, 0.15) is 5.01 Å². The predicted octanol–water partition coefficient (Wildman–Crippen LogP) is 3.04. The van der Waals surface area contributed by atoms with E-state index in [-0.39, 0.29) is 5.78 Å². The van der Waals surface area contributed by atoms with Gasteiger partial charge >= 0.3 is 0 Å². The lowest BCUT2D eigenvalue weighted by Gasteiger charge is -2.08. The SMILES string of the molecule is Cc1csc(CC(=O)c2ccc3c(c2)OCCCO3)n1. The molecule has 0 aliphatic carbocycles. The highest BCUT2D eigenvalue weighted by molar-refractivity contribution is 7.09. The van der Waals surface area contributed by atoms with Gasteiger partial charge in [0.15, 0.2) is 17.3 Å². The van der Waals surface area contributed by atoms with Crippen molar-refractivity contribution in [3.05, 3.63) is 39.8 Å². The first-order valence-electron chi connectivity index (χ1n) is 6.56. The standard InChI is InChI=1S/C15H15NO3S/c1-10-9-20-15(16-10)8-12(17)11-3-4-13-14(7-11)19-6-2-5-18-13/h3-4,7,9H,2,5-6,8H2,1H3. The van der Waals surface area contributed by atoms with Crippen LogP contribution in [0.15, 0.2) is 23.6 Å². The lowest BCUT2D eigenvalue weighted by atomic mass is 10.1. The topological polar surface area (TPSA) is 48.4 Å². The van der Waals surface area contributed by atoms with Crippen LogP contribution < -0.4 is 9.47 Å². The van der Waals surface area contributed by atoms with Gasteiger partial charge in [0.25, 0.3) is 0 Å². The van der Waals surface area contributed by atoms with Gasteiger partial charge in [-0.05, 0) is 25.1 Å². The van der Waals surface area contributed by atoms with Crippen molar-refractivity contribution >= 4 is 17.1 Å². The van der Waals surface area contributed by atoms with Gasteiger partial charge in [-0.15, -0.1) is 11.3 Å². The zero-order valence-electron chi connectivity index (χ0n) is 11.2. The Hall–Kier alpha value is -1.88. The summed E-state index contributed by atoms with van der Waals surface area (Å²) in [5.74, 6) is 1.42. The van der Waals surface area contributed by atoms with E-state index in [0.717, 1.165) is 17.1 Å². The van der Waals surface area contributed by atoms with E-state index in [1.54, 1.807) is 18.2 Å². The average molecular weight is 289 g/mol. The van der Waals surface area contributed by atoms with Crippen molar-refractivity contribution in [2.24, 2.45) is 0 Å². The van der Waals surface area contributed by atoms with Crippen LogP contribution in [-0.4, -0.2) is 24.0 Å². The molecule has 0 saturated carbocycles. The number of hydrogen-bond acceptors (Lipinski definition) is 5. The van der Waals surface area contributed by atoms with Gasteiger partial charge < -0.3 is 9.47 Å². The Kier molecular flexibility index (Phi) is 3.69. The molecule has 3 rings (SSSR count). The van der Waals surface area contributed by atoms with E-state index < -0.39 is 0 Å². The number of fused-ring (bicyclic) bond motifs is 1. The third kappa shape index (κ3) is 2.82. The van der Waals surface area contributed by atoms with Crippen LogP contribution >= 0.6 is 11.3 Å². The molecule has 1 aromatic heterocycles. The third-order valence-corrected chi connectivity index (χ3v) is 4.01. The molecule has 0 radical (unpaired) electrons. The van der Waals surface area contributed by atoms with E-state index in [0.29, 0.717) is 36.7 Å². The molecule has 0 amide bonds. The Morgan fingerprint density at radius 1 is 1.30 bits per heavy atom. The number of hydrogen-bond donors (Lipinski definition) is 0. The molecule has 0 atom stereocenters. The smallest absolute Gasteiger partial charge is 0.169 e. The maximum Gasteiger partial charge on any atom is 0.169 e. The molecule has 1 aliphatic rings. The number of carbonyl (C=O) groups is 1. The largest absolute Gasteiger partial charge is 0.490 e. The van der Waals surface area contributed by atoms with Gasteiger partial charge in [-0.1, -0.05) is 0 Å². The summed E-state index contributed by atoms with van der Waals surface area (Å²) in [5.41, 5.74) is 1.60. The minimum absolute atomic E-state index is 0.0509. The van der Waals surface area contributed by atoms with E-state index in [4.69, 9.17) is 9.47 Å². The molecular formula is C15H15NO3S. The maximum absolute atomic E-state index is 12.3. The quantitative estimate of drug-likeness (QED) is 0.815. The van der Waals surface area contributed by atoms with Crippen molar-refractivity contribution in [3.8, 4) is 11.5 Å². The molecule has 20 heavy (non-hydrogen) atoms. The van der Waals surface area contributed by atoms with Crippen LogP contribution in [0.2, 0.25) is 0 Å². The Labute approximate surface area is 121 Å². The number of carbonyl (C=O) groups excluding carboxylic acids is 1. The zero-order chi connectivity index (χ0) is 13.9.